The molecule has 0 rings (SSSR count). The number of esters is 1. The second-order valence-electron chi connectivity index (χ2n) is 2.73. The van der Waals surface area contributed by atoms with Crippen molar-refractivity contribution in [2.45, 2.75) is 13.0 Å². The fourth-order valence-electron chi connectivity index (χ4n) is 0.749. The van der Waals surface area contributed by atoms with Crippen LogP contribution in [0.15, 0.2) is 11.6 Å². The zero-order valence-corrected chi connectivity index (χ0v) is 8.91. The highest BCUT2D eigenvalue weighted by Crippen LogP contribution is 1.98. The Labute approximate surface area is 84.8 Å². The van der Waals surface area contributed by atoms with Crippen LogP contribution in [-0.4, -0.2) is 39.5 Å². The van der Waals surface area contributed by atoms with Crippen molar-refractivity contribution in [2.24, 2.45) is 0 Å². The largest absolute Gasteiger partial charge is 0.459 e. The molecule has 0 aliphatic rings. The third-order valence-electron chi connectivity index (χ3n) is 1.70. The molecule has 0 saturated heterocycles. The normalized spacial score (nSPS) is 13.9. The fraction of sp³-hybridized carbons (Fsp3) is 0.600. The molecule has 0 unspecified atom stereocenters. The van der Waals surface area contributed by atoms with Crippen LogP contribution in [0.4, 0.5) is 0 Å². The zero-order chi connectivity index (χ0) is 11.0. The standard InChI is InChI=1S/C10H17O4/c1-5-8(2)10(11)14-7-9(13-4)6-12-3/h5,9H,2,6-7H2,1,3-4H3/b8-5-/t9-/m0/s1. The maximum Gasteiger partial charge on any atom is 0.333 e. The summed E-state index contributed by atoms with van der Waals surface area (Å²) in [5, 5.41) is 0. The van der Waals surface area contributed by atoms with Gasteiger partial charge in [-0.05, 0) is 13.8 Å². The van der Waals surface area contributed by atoms with Gasteiger partial charge < -0.3 is 14.2 Å². The Morgan fingerprint density at radius 3 is 2.50 bits per heavy atom. The lowest BCUT2D eigenvalue weighted by Crippen LogP contribution is -2.25. The van der Waals surface area contributed by atoms with E-state index in [0.29, 0.717) is 12.2 Å². The quantitative estimate of drug-likeness (QED) is 0.474. The van der Waals surface area contributed by atoms with Gasteiger partial charge in [-0.1, -0.05) is 6.08 Å². The van der Waals surface area contributed by atoms with Crippen LogP contribution in [0.2, 0.25) is 0 Å². The maximum atomic E-state index is 11.1. The highest BCUT2D eigenvalue weighted by molar-refractivity contribution is 5.89. The molecule has 0 aromatic rings. The molecule has 0 N–H and O–H groups in total. The minimum atomic E-state index is -0.425. The third kappa shape index (κ3) is 4.99. The van der Waals surface area contributed by atoms with E-state index in [1.807, 2.05) is 0 Å². The number of rotatable bonds is 6. The molecule has 0 bridgehead atoms. The summed E-state index contributed by atoms with van der Waals surface area (Å²) in [5.41, 5.74) is 0.345. The average Bonchev–Trinajstić information content (AvgIpc) is 2.22. The molecule has 0 amide bonds. The molecule has 0 aromatic heterocycles. The number of allylic oxidation sites excluding steroid dienone is 1. The van der Waals surface area contributed by atoms with E-state index < -0.39 is 5.97 Å². The first kappa shape index (κ1) is 13.1. The Balaban J connectivity index is 3.85. The highest BCUT2D eigenvalue weighted by atomic mass is 16.6. The first-order valence-corrected chi connectivity index (χ1v) is 4.32. The SMILES string of the molecule is [CH2]/C(=C/C)C(=O)OC[C@H](COC)OC. The van der Waals surface area contributed by atoms with Gasteiger partial charge in [0.1, 0.15) is 12.7 Å². The monoisotopic (exact) mass is 201 g/mol. The second kappa shape index (κ2) is 7.53. The van der Waals surface area contributed by atoms with Crippen molar-refractivity contribution in [2.75, 3.05) is 27.4 Å². The third-order valence-corrected chi connectivity index (χ3v) is 1.70. The molecular weight excluding hydrogens is 184 g/mol. The van der Waals surface area contributed by atoms with Crippen LogP contribution in [0.5, 0.6) is 0 Å². The fourth-order valence-corrected chi connectivity index (χ4v) is 0.749. The predicted octanol–water partition coefficient (Wildman–Crippen LogP) is 0.971. The van der Waals surface area contributed by atoms with Gasteiger partial charge in [0.2, 0.25) is 0 Å². The van der Waals surface area contributed by atoms with Gasteiger partial charge in [0.05, 0.1) is 6.61 Å². The molecule has 1 atom stereocenters. The molecule has 81 valence electrons. The lowest BCUT2D eigenvalue weighted by Gasteiger charge is -2.14. The summed E-state index contributed by atoms with van der Waals surface area (Å²) >= 11 is 0. The summed E-state index contributed by atoms with van der Waals surface area (Å²) in [7, 11) is 3.10. The number of ether oxygens (including phenoxy) is 3. The van der Waals surface area contributed by atoms with Crippen molar-refractivity contribution < 1.29 is 19.0 Å². The highest BCUT2D eigenvalue weighted by Gasteiger charge is 2.11. The van der Waals surface area contributed by atoms with Crippen LogP contribution in [0.1, 0.15) is 6.92 Å². The van der Waals surface area contributed by atoms with Gasteiger partial charge in [-0.25, -0.2) is 4.79 Å². The number of hydrogen-bond acceptors (Lipinski definition) is 4. The van der Waals surface area contributed by atoms with Crippen LogP contribution in [-0.2, 0) is 19.0 Å². The van der Waals surface area contributed by atoms with Crippen molar-refractivity contribution >= 4 is 5.97 Å². The molecule has 0 spiro atoms. The van der Waals surface area contributed by atoms with Gasteiger partial charge in [0.15, 0.2) is 0 Å². The molecule has 0 fully saturated rings. The Kier molecular flexibility index (Phi) is 7.06. The van der Waals surface area contributed by atoms with E-state index in [0.717, 1.165) is 0 Å². The van der Waals surface area contributed by atoms with Crippen LogP contribution >= 0.6 is 0 Å². The van der Waals surface area contributed by atoms with Crippen molar-refractivity contribution in [3.63, 3.8) is 0 Å². The van der Waals surface area contributed by atoms with E-state index >= 15 is 0 Å². The average molecular weight is 201 g/mol. The minimum absolute atomic E-state index is 0.177. The summed E-state index contributed by atoms with van der Waals surface area (Å²) in [5.74, 6) is -0.425. The predicted molar refractivity (Wildman–Crippen MR) is 52.7 cm³/mol. The number of methoxy groups -OCH3 is 2. The zero-order valence-electron chi connectivity index (χ0n) is 8.91. The van der Waals surface area contributed by atoms with Gasteiger partial charge in [-0.3, -0.25) is 0 Å². The maximum absolute atomic E-state index is 11.1. The molecule has 4 nitrogen and oxygen atoms in total. The number of carbonyl (C=O) groups is 1. The molecular formula is C10H17O4. The Morgan fingerprint density at radius 2 is 2.07 bits per heavy atom. The molecule has 1 radical (unpaired) electrons. The van der Waals surface area contributed by atoms with Gasteiger partial charge in [-0.2, -0.15) is 0 Å². The van der Waals surface area contributed by atoms with Crippen LogP contribution < -0.4 is 0 Å². The van der Waals surface area contributed by atoms with E-state index in [2.05, 4.69) is 6.92 Å². The van der Waals surface area contributed by atoms with Gasteiger partial charge in [0.25, 0.3) is 0 Å². The molecule has 0 heterocycles. The molecule has 0 aromatic carbocycles. The van der Waals surface area contributed by atoms with Crippen LogP contribution in [0, 0.1) is 6.92 Å². The van der Waals surface area contributed by atoms with Crippen molar-refractivity contribution in [1.29, 1.82) is 0 Å². The summed E-state index contributed by atoms with van der Waals surface area (Å²) in [6.45, 7) is 5.82. The van der Waals surface area contributed by atoms with E-state index in [1.54, 1.807) is 20.1 Å². The van der Waals surface area contributed by atoms with Gasteiger partial charge in [-0.15, -0.1) is 0 Å². The summed E-state index contributed by atoms with van der Waals surface area (Å²) in [6, 6.07) is 0. The molecule has 14 heavy (non-hydrogen) atoms. The van der Waals surface area contributed by atoms with Crippen LogP contribution in [0.3, 0.4) is 0 Å². The van der Waals surface area contributed by atoms with E-state index in [4.69, 9.17) is 14.2 Å². The van der Waals surface area contributed by atoms with Crippen molar-refractivity contribution in [3.8, 4) is 0 Å². The summed E-state index contributed by atoms with van der Waals surface area (Å²) < 4.78 is 14.8. The molecule has 0 aliphatic heterocycles. The van der Waals surface area contributed by atoms with Crippen LogP contribution in [0.25, 0.3) is 0 Å². The second-order valence-corrected chi connectivity index (χ2v) is 2.73. The Morgan fingerprint density at radius 1 is 1.43 bits per heavy atom. The van der Waals surface area contributed by atoms with Gasteiger partial charge >= 0.3 is 5.97 Å². The number of hydrogen-bond donors (Lipinski definition) is 0. The smallest absolute Gasteiger partial charge is 0.333 e. The lowest BCUT2D eigenvalue weighted by atomic mass is 10.3. The van der Waals surface area contributed by atoms with E-state index in [-0.39, 0.29) is 12.7 Å². The van der Waals surface area contributed by atoms with Gasteiger partial charge in [0, 0.05) is 19.8 Å². The summed E-state index contributed by atoms with van der Waals surface area (Å²) in [4.78, 5) is 11.1. The van der Waals surface area contributed by atoms with E-state index in [9.17, 15) is 4.79 Å². The number of carbonyl (C=O) groups excluding carboxylic acids is 1. The molecule has 0 aliphatic carbocycles. The molecule has 0 saturated carbocycles. The first-order chi connectivity index (χ1) is 6.65. The Hall–Kier alpha value is -0.870. The topological polar surface area (TPSA) is 44.8 Å². The summed E-state index contributed by atoms with van der Waals surface area (Å²) in [6.07, 6.45) is 1.37. The lowest BCUT2D eigenvalue weighted by molar-refractivity contribution is -0.143. The van der Waals surface area contributed by atoms with Crippen molar-refractivity contribution in [1.82, 2.24) is 0 Å². The van der Waals surface area contributed by atoms with Crippen molar-refractivity contribution in [3.05, 3.63) is 18.6 Å². The van der Waals surface area contributed by atoms with E-state index in [1.165, 1.54) is 7.11 Å². The minimum Gasteiger partial charge on any atom is -0.459 e. The molecule has 4 heteroatoms. The first-order valence-electron chi connectivity index (χ1n) is 4.32. The Bertz CT molecular complexity index is 198.